The van der Waals surface area contributed by atoms with Gasteiger partial charge in [0.1, 0.15) is 6.10 Å². The maximum absolute atomic E-state index is 9.47. The number of H-pyrrole nitrogens is 1. The van der Waals surface area contributed by atoms with Crippen LogP contribution in [0.2, 0.25) is 0 Å². The lowest BCUT2D eigenvalue weighted by Gasteiger charge is -2.14. The zero-order chi connectivity index (χ0) is 8.97. The fourth-order valence-corrected chi connectivity index (χ4v) is 1.20. The van der Waals surface area contributed by atoms with Crippen LogP contribution in [0.15, 0.2) is 12.4 Å². The molecule has 0 fully saturated rings. The van der Waals surface area contributed by atoms with Crippen LogP contribution in [0.3, 0.4) is 0 Å². The topological polar surface area (TPSA) is 69.1 Å². The largest absolute Gasteiger partial charge is 0.390 e. The highest BCUT2D eigenvalue weighted by Crippen LogP contribution is 2.17. The van der Waals surface area contributed by atoms with Gasteiger partial charge in [-0.1, -0.05) is 0 Å². The van der Waals surface area contributed by atoms with Crippen LogP contribution in [-0.2, 0) is 0 Å². The molecule has 68 valence electrons. The molecule has 1 aromatic heterocycles. The molecule has 1 heterocycles. The number of aliphatic hydroxyl groups is 2. The predicted octanol–water partition coefficient (Wildman–Crippen LogP) is 0.124. The zero-order valence-electron chi connectivity index (χ0n) is 6.51. The third-order valence-corrected chi connectivity index (χ3v) is 1.91. The Morgan fingerprint density at radius 2 is 2.33 bits per heavy atom. The van der Waals surface area contributed by atoms with Crippen molar-refractivity contribution in [1.29, 1.82) is 0 Å². The van der Waals surface area contributed by atoms with Gasteiger partial charge in [-0.2, -0.15) is 17.7 Å². The van der Waals surface area contributed by atoms with E-state index in [2.05, 4.69) is 22.8 Å². The van der Waals surface area contributed by atoms with Crippen molar-refractivity contribution in [2.45, 2.75) is 18.6 Å². The van der Waals surface area contributed by atoms with Crippen LogP contribution in [0.1, 0.15) is 18.1 Å². The Labute approximate surface area is 76.0 Å². The molecule has 0 amide bonds. The molecule has 2 unspecified atom stereocenters. The first-order valence-corrected chi connectivity index (χ1v) is 4.34. The third-order valence-electron chi connectivity index (χ3n) is 1.65. The molecule has 0 saturated heterocycles. The fourth-order valence-electron chi connectivity index (χ4n) is 0.935. The van der Waals surface area contributed by atoms with Gasteiger partial charge in [0, 0.05) is 11.8 Å². The molecule has 0 aromatic carbocycles. The van der Waals surface area contributed by atoms with Crippen molar-refractivity contribution in [3.8, 4) is 0 Å². The first-order valence-electron chi connectivity index (χ1n) is 3.71. The van der Waals surface area contributed by atoms with Gasteiger partial charge in [0.15, 0.2) is 0 Å². The minimum atomic E-state index is -0.865. The number of nitrogens with zero attached hydrogens (tertiary/aromatic N) is 1. The number of rotatable bonds is 4. The van der Waals surface area contributed by atoms with Crippen molar-refractivity contribution < 1.29 is 10.2 Å². The van der Waals surface area contributed by atoms with Gasteiger partial charge in [-0.3, -0.25) is 5.10 Å². The standard InChI is InChI=1S/C7H12N2O2S/c10-6(1-2-12)7(11)5-3-8-9-4-5/h3-4,6-7,10-12H,1-2H2,(H,8,9). The predicted molar refractivity (Wildman–Crippen MR) is 48.0 cm³/mol. The zero-order valence-corrected chi connectivity index (χ0v) is 7.41. The summed E-state index contributed by atoms with van der Waals surface area (Å²) in [6.07, 6.45) is 1.89. The van der Waals surface area contributed by atoms with E-state index in [4.69, 9.17) is 0 Å². The average Bonchev–Trinajstić information content (AvgIpc) is 2.55. The second-order valence-corrected chi connectivity index (χ2v) is 3.00. The van der Waals surface area contributed by atoms with Crippen LogP contribution in [-0.4, -0.2) is 32.3 Å². The molecular weight excluding hydrogens is 176 g/mol. The van der Waals surface area contributed by atoms with Crippen molar-refractivity contribution in [3.05, 3.63) is 18.0 Å². The lowest BCUT2D eigenvalue weighted by Crippen LogP contribution is -2.18. The van der Waals surface area contributed by atoms with Crippen LogP contribution in [0, 0.1) is 0 Å². The highest BCUT2D eigenvalue weighted by Gasteiger charge is 2.17. The summed E-state index contributed by atoms with van der Waals surface area (Å²) in [4.78, 5) is 0. The molecule has 0 aliphatic heterocycles. The first kappa shape index (κ1) is 9.57. The Balaban J connectivity index is 2.53. The highest BCUT2D eigenvalue weighted by molar-refractivity contribution is 7.80. The van der Waals surface area contributed by atoms with Crippen molar-refractivity contribution in [2.75, 3.05) is 5.75 Å². The summed E-state index contributed by atoms with van der Waals surface area (Å²) in [6, 6.07) is 0. The van der Waals surface area contributed by atoms with Gasteiger partial charge >= 0.3 is 0 Å². The average molecular weight is 188 g/mol. The maximum Gasteiger partial charge on any atom is 0.108 e. The van der Waals surface area contributed by atoms with Crippen LogP contribution in [0.5, 0.6) is 0 Å². The molecule has 5 heteroatoms. The summed E-state index contributed by atoms with van der Waals surface area (Å²) in [5.41, 5.74) is 0.601. The van der Waals surface area contributed by atoms with Crippen LogP contribution in [0.25, 0.3) is 0 Å². The molecular formula is C7H12N2O2S. The van der Waals surface area contributed by atoms with E-state index in [1.165, 1.54) is 6.20 Å². The van der Waals surface area contributed by atoms with Gasteiger partial charge in [-0.15, -0.1) is 0 Å². The van der Waals surface area contributed by atoms with E-state index >= 15 is 0 Å². The van der Waals surface area contributed by atoms with Gasteiger partial charge in [0.05, 0.1) is 12.3 Å². The summed E-state index contributed by atoms with van der Waals surface area (Å²) >= 11 is 3.96. The maximum atomic E-state index is 9.47. The SMILES string of the molecule is OC(CCS)C(O)c1cn[nH]c1. The van der Waals surface area contributed by atoms with Crippen LogP contribution in [0.4, 0.5) is 0 Å². The number of aliphatic hydroxyl groups excluding tert-OH is 2. The first-order chi connectivity index (χ1) is 5.75. The van der Waals surface area contributed by atoms with E-state index in [1.807, 2.05) is 0 Å². The summed E-state index contributed by atoms with van der Waals surface area (Å²) in [6.45, 7) is 0. The van der Waals surface area contributed by atoms with Crippen molar-refractivity contribution in [1.82, 2.24) is 10.2 Å². The number of aromatic amines is 1. The Morgan fingerprint density at radius 1 is 1.58 bits per heavy atom. The van der Waals surface area contributed by atoms with Crippen molar-refractivity contribution in [2.24, 2.45) is 0 Å². The quantitative estimate of drug-likeness (QED) is 0.507. The molecule has 0 saturated carbocycles. The molecule has 0 aliphatic rings. The molecule has 1 aromatic rings. The van der Waals surface area contributed by atoms with E-state index in [1.54, 1.807) is 6.20 Å². The molecule has 3 N–H and O–H groups in total. The van der Waals surface area contributed by atoms with E-state index < -0.39 is 12.2 Å². The van der Waals surface area contributed by atoms with Gasteiger partial charge in [0.2, 0.25) is 0 Å². The summed E-state index contributed by atoms with van der Waals surface area (Å²) in [5, 5.41) is 25.1. The van der Waals surface area contributed by atoms with Crippen LogP contribution < -0.4 is 0 Å². The Bertz CT molecular complexity index is 215. The second-order valence-electron chi connectivity index (χ2n) is 2.56. The van der Waals surface area contributed by atoms with Gasteiger partial charge in [-0.05, 0) is 12.2 Å². The Hall–Kier alpha value is -0.520. The van der Waals surface area contributed by atoms with Crippen LogP contribution >= 0.6 is 12.6 Å². The lowest BCUT2D eigenvalue weighted by atomic mass is 10.1. The molecule has 1 rings (SSSR count). The normalized spacial score (nSPS) is 15.9. The Kier molecular flexibility index (Phi) is 3.58. The molecule has 2 atom stereocenters. The molecule has 0 aliphatic carbocycles. The van der Waals surface area contributed by atoms with E-state index in [0.717, 1.165) is 0 Å². The van der Waals surface area contributed by atoms with E-state index in [9.17, 15) is 10.2 Å². The summed E-state index contributed by atoms with van der Waals surface area (Å²) in [7, 11) is 0. The Morgan fingerprint density at radius 3 is 2.83 bits per heavy atom. The van der Waals surface area contributed by atoms with Crippen molar-refractivity contribution in [3.63, 3.8) is 0 Å². The number of thiol groups is 1. The van der Waals surface area contributed by atoms with Gasteiger partial charge in [-0.25, -0.2) is 0 Å². The smallest absolute Gasteiger partial charge is 0.108 e. The van der Waals surface area contributed by atoms with Crippen molar-refractivity contribution >= 4 is 12.6 Å². The second kappa shape index (κ2) is 4.49. The molecule has 12 heavy (non-hydrogen) atoms. The number of hydrogen-bond acceptors (Lipinski definition) is 4. The minimum Gasteiger partial charge on any atom is -0.390 e. The molecule has 0 radical (unpaired) electrons. The van der Waals surface area contributed by atoms with E-state index in [0.29, 0.717) is 17.7 Å². The van der Waals surface area contributed by atoms with Gasteiger partial charge in [0.25, 0.3) is 0 Å². The summed E-state index contributed by atoms with van der Waals surface area (Å²) < 4.78 is 0. The highest BCUT2D eigenvalue weighted by atomic mass is 32.1. The number of hydrogen-bond donors (Lipinski definition) is 4. The number of nitrogens with one attached hydrogen (secondary N) is 1. The third kappa shape index (κ3) is 2.23. The molecule has 0 spiro atoms. The number of aromatic nitrogens is 2. The van der Waals surface area contributed by atoms with Gasteiger partial charge < -0.3 is 10.2 Å². The van der Waals surface area contributed by atoms with E-state index in [-0.39, 0.29) is 0 Å². The molecule has 4 nitrogen and oxygen atoms in total. The lowest BCUT2D eigenvalue weighted by molar-refractivity contribution is 0.0172. The fraction of sp³-hybridized carbons (Fsp3) is 0.571. The molecule has 0 bridgehead atoms. The summed E-state index contributed by atoms with van der Waals surface area (Å²) in [5.74, 6) is 0.552. The monoisotopic (exact) mass is 188 g/mol. The minimum absolute atomic E-state index is 0.468.